The van der Waals surface area contributed by atoms with Crippen molar-refractivity contribution >= 4 is 29.6 Å². The molecule has 0 heterocycles. The number of carbonyl (C=O) groups is 4. The fourth-order valence-corrected chi connectivity index (χ4v) is 3.68. The van der Waals surface area contributed by atoms with E-state index in [9.17, 15) is 34.4 Å². The first-order chi connectivity index (χ1) is 18.0. The Morgan fingerprint density at radius 1 is 0.947 bits per heavy atom. The molecule has 0 fully saturated rings. The molecular formula is C26H31N3O9. The Hall–Kier alpha value is -4.48. The van der Waals surface area contributed by atoms with Crippen LogP contribution in [0.15, 0.2) is 54.6 Å². The Morgan fingerprint density at radius 2 is 1.58 bits per heavy atom. The highest BCUT2D eigenvalue weighted by molar-refractivity contribution is 5.90. The molecule has 12 heteroatoms. The number of rotatable bonds is 13. The van der Waals surface area contributed by atoms with Crippen molar-refractivity contribution in [1.29, 1.82) is 0 Å². The van der Waals surface area contributed by atoms with E-state index in [4.69, 9.17) is 9.47 Å². The van der Waals surface area contributed by atoms with Gasteiger partial charge in [0.2, 0.25) is 5.91 Å². The van der Waals surface area contributed by atoms with E-state index in [1.165, 1.54) is 24.3 Å². The van der Waals surface area contributed by atoms with Gasteiger partial charge in [-0.2, -0.15) is 0 Å². The molecule has 2 aromatic carbocycles. The van der Waals surface area contributed by atoms with E-state index in [2.05, 4.69) is 10.6 Å². The summed E-state index contributed by atoms with van der Waals surface area (Å²) in [5.74, 6) is -4.52. The molecule has 0 saturated carbocycles. The number of carbonyl (C=O) groups excluding carboxylic acids is 3. The van der Waals surface area contributed by atoms with Crippen molar-refractivity contribution in [2.24, 2.45) is 5.92 Å². The number of carboxylic acid groups (broad SMARTS) is 1. The summed E-state index contributed by atoms with van der Waals surface area (Å²) >= 11 is 0. The van der Waals surface area contributed by atoms with Gasteiger partial charge in [-0.25, -0.2) is 9.59 Å². The molecule has 0 aromatic heterocycles. The van der Waals surface area contributed by atoms with Crippen LogP contribution in [0.25, 0.3) is 0 Å². The van der Waals surface area contributed by atoms with Crippen molar-refractivity contribution in [3.8, 4) is 0 Å². The first kappa shape index (κ1) is 29.7. The molecule has 3 N–H and O–H groups in total. The van der Waals surface area contributed by atoms with Gasteiger partial charge in [0.25, 0.3) is 5.69 Å². The Bertz CT molecular complexity index is 1120. The predicted molar refractivity (Wildman–Crippen MR) is 135 cm³/mol. The number of nitrogens with zero attached hydrogens (tertiary/aromatic N) is 1. The predicted octanol–water partition coefficient (Wildman–Crippen LogP) is 3.15. The van der Waals surface area contributed by atoms with E-state index in [-0.39, 0.29) is 24.5 Å². The zero-order valence-electron chi connectivity index (χ0n) is 21.3. The van der Waals surface area contributed by atoms with E-state index in [1.54, 1.807) is 45.0 Å². The minimum absolute atomic E-state index is 0.0292. The van der Waals surface area contributed by atoms with Gasteiger partial charge in [0.15, 0.2) is 0 Å². The normalized spacial score (nSPS) is 13.1. The second-order valence-electron chi connectivity index (χ2n) is 8.72. The topological polar surface area (TPSA) is 174 Å². The zero-order chi connectivity index (χ0) is 28.2. The molecule has 204 valence electrons. The lowest BCUT2D eigenvalue weighted by Crippen LogP contribution is -2.55. The third-order valence-corrected chi connectivity index (χ3v) is 5.63. The first-order valence-corrected chi connectivity index (χ1v) is 11.9. The van der Waals surface area contributed by atoms with Crippen molar-refractivity contribution in [3.05, 3.63) is 75.8 Å². The number of aliphatic carboxylic acids is 1. The number of alkyl carbamates (subject to hydrolysis) is 1. The number of nitro benzene ring substituents is 1. The van der Waals surface area contributed by atoms with Crippen molar-refractivity contribution in [3.63, 3.8) is 0 Å². The lowest BCUT2D eigenvalue weighted by atomic mass is 9.87. The highest BCUT2D eigenvalue weighted by atomic mass is 16.6. The lowest BCUT2D eigenvalue weighted by Gasteiger charge is -2.28. The summed E-state index contributed by atoms with van der Waals surface area (Å²) in [7, 11) is 0. The van der Waals surface area contributed by atoms with Crippen LogP contribution in [0.5, 0.6) is 0 Å². The summed E-state index contributed by atoms with van der Waals surface area (Å²) in [5.41, 5.74) is 0.786. The highest BCUT2D eigenvalue weighted by Crippen LogP contribution is 2.27. The number of non-ortho nitro benzene ring substituents is 1. The van der Waals surface area contributed by atoms with Crippen molar-refractivity contribution in [2.75, 3.05) is 6.61 Å². The van der Waals surface area contributed by atoms with Crippen molar-refractivity contribution in [1.82, 2.24) is 10.6 Å². The van der Waals surface area contributed by atoms with Gasteiger partial charge in [0.1, 0.15) is 18.7 Å². The van der Waals surface area contributed by atoms with E-state index >= 15 is 0 Å². The van der Waals surface area contributed by atoms with Crippen LogP contribution in [-0.2, 0) is 30.5 Å². The second-order valence-corrected chi connectivity index (χ2v) is 8.72. The van der Waals surface area contributed by atoms with Gasteiger partial charge < -0.3 is 25.2 Å². The summed E-state index contributed by atoms with van der Waals surface area (Å²) < 4.78 is 10.1. The Balaban J connectivity index is 2.23. The Labute approximate surface area is 219 Å². The van der Waals surface area contributed by atoms with Gasteiger partial charge in [0.05, 0.1) is 18.0 Å². The van der Waals surface area contributed by atoms with Crippen molar-refractivity contribution < 1.29 is 38.7 Å². The van der Waals surface area contributed by atoms with Crippen LogP contribution in [-0.4, -0.2) is 52.7 Å². The summed E-state index contributed by atoms with van der Waals surface area (Å²) in [6, 6.07) is 11.1. The summed E-state index contributed by atoms with van der Waals surface area (Å²) in [6.45, 7) is 4.93. The average Bonchev–Trinajstić information content (AvgIpc) is 2.88. The summed E-state index contributed by atoms with van der Waals surface area (Å²) in [5, 5.41) is 25.9. The molecule has 0 saturated heterocycles. The number of hydrogen-bond donors (Lipinski definition) is 3. The SMILES string of the molecule is CCOC(=O)C[C@H](c1ccc([N+](=O)[O-])cc1)[C@@H](NC(=O)[C@H](NC(=O)OCc1ccccc1)C(C)C)C(=O)O. The van der Waals surface area contributed by atoms with E-state index in [0.717, 1.165) is 5.56 Å². The molecule has 0 aliphatic heterocycles. The number of benzene rings is 2. The van der Waals surface area contributed by atoms with Crippen LogP contribution >= 0.6 is 0 Å². The van der Waals surface area contributed by atoms with Crippen LogP contribution in [0.4, 0.5) is 10.5 Å². The zero-order valence-corrected chi connectivity index (χ0v) is 21.3. The molecule has 2 amide bonds. The molecule has 0 unspecified atom stereocenters. The fourth-order valence-electron chi connectivity index (χ4n) is 3.68. The molecule has 12 nitrogen and oxygen atoms in total. The van der Waals surface area contributed by atoms with E-state index in [0.29, 0.717) is 0 Å². The molecule has 0 bridgehead atoms. The Kier molecular flexibility index (Phi) is 11.2. The van der Waals surface area contributed by atoms with Crippen LogP contribution in [0.2, 0.25) is 0 Å². The third-order valence-electron chi connectivity index (χ3n) is 5.63. The maximum Gasteiger partial charge on any atom is 0.408 e. The van der Waals surface area contributed by atoms with Gasteiger partial charge >= 0.3 is 18.0 Å². The largest absolute Gasteiger partial charge is 0.480 e. The molecule has 0 aliphatic carbocycles. The number of amides is 2. The average molecular weight is 530 g/mol. The standard InChI is InChI=1S/C26H31N3O9/c1-4-37-21(30)14-20(18-10-12-19(13-11-18)29(35)36)23(25(32)33)27-24(31)22(16(2)3)28-26(34)38-15-17-8-6-5-7-9-17/h5-13,16,20,22-23H,4,14-15H2,1-3H3,(H,27,31)(H,28,34)(H,32,33)/t20-,22-,23-/m1/s1. The molecule has 0 radical (unpaired) electrons. The minimum atomic E-state index is -1.61. The molecule has 3 atom stereocenters. The van der Waals surface area contributed by atoms with Crippen LogP contribution in [0.1, 0.15) is 44.2 Å². The van der Waals surface area contributed by atoms with Crippen LogP contribution in [0, 0.1) is 16.0 Å². The Morgan fingerprint density at radius 3 is 2.11 bits per heavy atom. The number of hydrogen-bond acceptors (Lipinski definition) is 8. The van der Waals surface area contributed by atoms with Gasteiger partial charge in [-0.05, 0) is 24.0 Å². The van der Waals surface area contributed by atoms with Crippen LogP contribution < -0.4 is 10.6 Å². The van der Waals surface area contributed by atoms with E-state index < -0.39 is 59.2 Å². The first-order valence-electron chi connectivity index (χ1n) is 11.9. The lowest BCUT2D eigenvalue weighted by molar-refractivity contribution is -0.384. The molecule has 2 rings (SSSR count). The number of nitrogens with one attached hydrogen (secondary N) is 2. The number of nitro groups is 1. The smallest absolute Gasteiger partial charge is 0.408 e. The van der Waals surface area contributed by atoms with E-state index in [1.807, 2.05) is 6.07 Å². The molecule has 0 spiro atoms. The number of ether oxygens (including phenoxy) is 2. The molecule has 0 aliphatic rings. The van der Waals surface area contributed by atoms with Gasteiger partial charge in [-0.3, -0.25) is 19.7 Å². The highest BCUT2D eigenvalue weighted by Gasteiger charge is 2.36. The molecule has 2 aromatic rings. The minimum Gasteiger partial charge on any atom is -0.480 e. The monoisotopic (exact) mass is 529 g/mol. The van der Waals surface area contributed by atoms with Gasteiger partial charge in [-0.15, -0.1) is 0 Å². The maximum atomic E-state index is 13.1. The number of esters is 1. The quantitative estimate of drug-likeness (QED) is 0.200. The summed E-state index contributed by atoms with van der Waals surface area (Å²) in [4.78, 5) is 60.5. The summed E-state index contributed by atoms with van der Waals surface area (Å²) in [6.07, 6.45) is -1.28. The number of carboxylic acids is 1. The van der Waals surface area contributed by atoms with Gasteiger partial charge in [0, 0.05) is 18.1 Å². The third kappa shape index (κ3) is 8.87. The fraction of sp³-hybridized carbons (Fsp3) is 0.385. The maximum absolute atomic E-state index is 13.1. The van der Waals surface area contributed by atoms with Crippen LogP contribution in [0.3, 0.4) is 0 Å². The second kappa shape index (κ2) is 14.3. The van der Waals surface area contributed by atoms with Gasteiger partial charge in [-0.1, -0.05) is 56.3 Å². The van der Waals surface area contributed by atoms with Crippen molar-refractivity contribution in [2.45, 2.75) is 51.8 Å². The molecule has 38 heavy (non-hydrogen) atoms. The molecular weight excluding hydrogens is 498 g/mol.